The highest BCUT2D eigenvalue weighted by atomic mass is 32.1. The van der Waals surface area contributed by atoms with Crippen LogP contribution in [0.1, 0.15) is 0 Å². The van der Waals surface area contributed by atoms with E-state index in [0.717, 1.165) is 17.0 Å². The first-order valence-electron chi connectivity index (χ1n) is 5.51. The summed E-state index contributed by atoms with van der Waals surface area (Å²) in [5.41, 5.74) is 1.94. The number of hydrogen-bond acceptors (Lipinski definition) is 4. The number of ether oxygens (including phenoxy) is 1. The molecule has 2 aromatic heterocycles. The zero-order valence-electron chi connectivity index (χ0n) is 9.48. The molecule has 0 aliphatic rings. The third kappa shape index (κ3) is 2.38. The lowest BCUT2D eigenvalue weighted by molar-refractivity contribution is 0.455. The van der Waals surface area contributed by atoms with Crippen molar-refractivity contribution in [3.8, 4) is 22.9 Å². The maximum absolute atomic E-state index is 5.58. The normalized spacial score (nSPS) is 10.2. The molecule has 18 heavy (non-hydrogen) atoms. The lowest BCUT2D eigenvalue weighted by Crippen LogP contribution is -1.91. The van der Waals surface area contributed by atoms with Gasteiger partial charge in [-0.05, 0) is 29.6 Å². The highest BCUT2D eigenvalue weighted by Gasteiger charge is 2.02. The van der Waals surface area contributed by atoms with Gasteiger partial charge in [-0.1, -0.05) is 18.2 Å². The number of para-hydroxylation sites is 1. The zero-order chi connectivity index (χ0) is 12.2. The second-order valence-electron chi connectivity index (χ2n) is 3.68. The topological polar surface area (TPSA) is 35.0 Å². The summed E-state index contributed by atoms with van der Waals surface area (Å²) in [5, 5.41) is 12.3. The number of rotatable bonds is 3. The van der Waals surface area contributed by atoms with E-state index in [0.29, 0.717) is 5.88 Å². The molecule has 0 saturated carbocycles. The van der Waals surface area contributed by atoms with Crippen molar-refractivity contribution in [3.05, 3.63) is 59.3 Å². The minimum atomic E-state index is 0.500. The van der Waals surface area contributed by atoms with Crippen LogP contribution in [0.15, 0.2) is 59.3 Å². The standard InChI is InChI=1S/C14H10N2OS/c1-2-4-12(5-3-1)17-14-7-6-13(15-16-14)11-8-9-18-10-11/h1-10H. The number of benzene rings is 1. The molecule has 0 aliphatic carbocycles. The Balaban J connectivity index is 1.80. The highest BCUT2D eigenvalue weighted by molar-refractivity contribution is 7.08. The van der Waals surface area contributed by atoms with Crippen molar-refractivity contribution in [2.45, 2.75) is 0 Å². The second kappa shape index (κ2) is 4.98. The minimum absolute atomic E-state index is 0.500. The Bertz CT molecular complexity index is 606. The molecule has 3 aromatic rings. The van der Waals surface area contributed by atoms with Gasteiger partial charge in [-0.3, -0.25) is 0 Å². The van der Waals surface area contributed by atoms with Crippen molar-refractivity contribution in [3.63, 3.8) is 0 Å². The molecule has 0 fully saturated rings. The van der Waals surface area contributed by atoms with Crippen molar-refractivity contribution in [2.75, 3.05) is 0 Å². The Hall–Kier alpha value is -2.20. The molecule has 1 aromatic carbocycles. The predicted molar refractivity (Wildman–Crippen MR) is 71.9 cm³/mol. The summed E-state index contributed by atoms with van der Waals surface area (Å²) < 4.78 is 5.58. The maximum Gasteiger partial charge on any atom is 0.238 e. The van der Waals surface area contributed by atoms with Crippen LogP contribution in [0.2, 0.25) is 0 Å². The van der Waals surface area contributed by atoms with E-state index >= 15 is 0 Å². The summed E-state index contributed by atoms with van der Waals surface area (Å²) in [6.45, 7) is 0. The van der Waals surface area contributed by atoms with E-state index in [9.17, 15) is 0 Å². The summed E-state index contributed by atoms with van der Waals surface area (Å²) in [5.74, 6) is 1.26. The van der Waals surface area contributed by atoms with Crippen LogP contribution in [-0.2, 0) is 0 Å². The van der Waals surface area contributed by atoms with Crippen LogP contribution < -0.4 is 4.74 Å². The van der Waals surface area contributed by atoms with Crippen molar-refractivity contribution < 1.29 is 4.74 Å². The fourth-order valence-corrected chi connectivity index (χ4v) is 2.20. The van der Waals surface area contributed by atoms with E-state index in [1.807, 2.05) is 59.3 Å². The first-order chi connectivity index (χ1) is 8.92. The van der Waals surface area contributed by atoms with Crippen LogP contribution in [0, 0.1) is 0 Å². The van der Waals surface area contributed by atoms with Gasteiger partial charge in [-0.15, -0.1) is 10.2 Å². The molecular weight excluding hydrogens is 244 g/mol. The average molecular weight is 254 g/mol. The summed E-state index contributed by atoms with van der Waals surface area (Å²) in [6.07, 6.45) is 0. The predicted octanol–water partition coefficient (Wildman–Crippen LogP) is 4.00. The molecule has 3 rings (SSSR count). The van der Waals surface area contributed by atoms with Gasteiger partial charge in [0.05, 0.1) is 5.69 Å². The Morgan fingerprint density at radius 1 is 0.889 bits per heavy atom. The molecule has 3 nitrogen and oxygen atoms in total. The van der Waals surface area contributed by atoms with Gasteiger partial charge in [0.2, 0.25) is 5.88 Å². The summed E-state index contributed by atoms with van der Waals surface area (Å²) >= 11 is 1.64. The smallest absolute Gasteiger partial charge is 0.238 e. The van der Waals surface area contributed by atoms with Crippen LogP contribution in [0.25, 0.3) is 11.3 Å². The van der Waals surface area contributed by atoms with Gasteiger partial charge in [0.15, 0.2) is 0 Å². The van der Waals surface area contributed by atoms with Gasteiger partial charge < -0.3 is 4.74 Å². The van der Waals surface area contributed by atoms with Gasteiger partial charge in [-0.2, -0.15) is 11.3 Å². The van der Waals surface area contributed by atoms with E-state index in [1.165, 1.54) is 0 Å². The SMILES string of the molecule is c1ccc(Oc2ccc(-c3ccsc3)nn2)cc1. The molecule has 0 radical (unpaired) electrons. The van der Waals surface area contributed by atoms with Crippen molar-refractivity contribution in [1.29, 1.82) is 0 Å². The largest absolute Gasteiger partial charge is 0.438 e. The third-order valence-electron chi connectivity index (χ3n) is 2.42. The summed E-state index contributed by atoms with van der Waals surface area (Å²) in [6, 6.07) is 15.3. The van der Waals surface area contributed by atoms with Crippen LogP contribution in [0.4, 0.5) is 0 Å². The van der Waals surface area contributed by atoms with E-state index in [-0.39, 0.29) is 0 Å². The second-order valence-corrected chi connectivity index (χ2v) is 4.46. The zero-order valence-corrected chi connectivity index (χ0v) is 10.3. The molecule has 4 heteroatoms. The Morgan fingerprint density at radius 3 is 2.44 bits per heavy atom. The molecule has 0 bridgehead atoms. The Morgan fingerprint density at radius 2 is 1.78 bits per heavy atom. The molecule has 0 atom stereocenters. The fourth-order valence-electron chi connectivity index (χ4n) is 1.55. The van der Waals surface area contributed by atoms with E-state index in [4.69, 9.17) is 4.74 Å². The molecule has 0 aliphatic heterocycles. The number of thiophene rings is 1. The van der Waals surface area contributed by atoms with Gasteiger partial charge in [0.25, 0.3) is 0 Å². The monoisotopic (exact) mass is 254 g/mol. The summed E-state index contributed by atoms with van der Waals surface area (Å²) in [7, 11) is 0. The van der Waals surface area contributed by atoms with Crippen molar-refractivity contribution in [1.82, 2.24) is 10.2 Å². The third-order valence-corrected chi connectivity index (χ3v) is 3.11. The molecule has 0 amide bonds. The van der Waals surface area contributed by atoms with Gasteiger partial charge in [-0.25, -0.2) is 0 Å². The highest BCUT2D eigenvalue weighted by Crippen LogP contribution is 2.22. The molecule has 88 valence electrons. The maximum atomic E-state index is 5.58. The molecular formula is C14H10N2OS. The number of nitrogens with zero attached hydrogens (tertiary/aromatic N) is 2. The average Bonchev–Trinajstić information content (AvgIpc) is 2.95. The minimum Gasteiger partial charge on any atom is -0.438 e. The first kappa shape index (κ1) is 10.9. The number of aromatic nitrogens is 2. The van der Waals surface area contributed by atoms with Crippen LogP contribution in [0.5, 0.6) is 11.6 Å². The lowest BCUT2D eigenvalue weighted by Gasteiger charge is -2.03. The van der Waals surface area contributed by atoms with Crippen molar-refractivity contribution in [2.24, 2.45) is 0 Å². The Kier molecular flexibility index (Phi) is 3.02. The molecule has 2 heterocycles. The van der Waals surface area contributed by atoms with E-state index in [1.54, 1.807) is 11.3 Å². The van der Waals surface area contributed by atoms with Gasteiger partial charge in [0, 0.05) is 17.0 Å². The van der Waals surface area contributed by atoms with Gasteiger partial charge in [0.1, 0.15) is 5.75 Å². The summed E-state index contributed by atoms with van der Waals surface area (Å²) in [4.78, 5) is 0. The Labute approximate surface area is 109 Å². The van der Waals surface area contributed by atoms with E-state index < -0.39 is 0 Å². The quantitative estimate of drug-likeness (QED) is 0.708. The van der Waals surface area contributed by atoms with Crippen LogP contribution >= 0.6 is 11.3 Å². The molecule has 0 spiro atoms. The molecule has 0 unspecified atom stereocenters. The first-order valence-corrected chi connectivity index (χ1v) is 6.45. The molecule has 0 saturated heterocycles. The lowest BCUT2D eigenvalue weighted by atomic mass is 10.2. The van der Waals surface area contributed by atoms with Crippen molar-refractivity contribution >= 4 is 11.3 Å². The number of hydrogen-bond donors (Lipinski definition) is 0. The van der Waals surface area contributed by atoms with Crippen LogP contribution in [-0.4, -0.2) is 10.2 Å². The molecule has 0 N–H and O–H groups in total. The van der Waals surface area contributed by atoms with E-state index in [2.05, 4.69) is 10.2 Å². The van der Waals surface area contributed by atoms with Gasteiger partial charge >= 0.3 is 0 Å². The van der Waals surface area contributed by atoms with Crippen LogP contribution in [0.3, 0.4) is 0 Å². The fraction of sp³-hybridized carbons (Fsp3) is 0.